The smallest absolute Gasteiger partial charge is 0.333 e. The summed E-state index contributed by atoms with van der Waals surface area (Å²) in [6.45, 7) is -0.723. The minimum Gasteiger partial charge on any atom is -0.497 e. The van der Waals surface area contributed by atoms with E-state index in [2.05, 4.69) is 10.3 Å². The number of methoxy groups -OCH3 is 1. The normalized spacial score (nSPS) is 10.9. The number of aromatic nitrogens is 3. The topological polar surface area (TPSA) is 98.1 Å². The molecule has 4 aromatic rings. The Bertz CT molecular complexity index is 1540. The second-order valence-electron chi connectivity index (χ2n) is 7.57. The Morgan fingerprint density at radius 2 is 1.60 bits per heavy atom. The van der Waals surface area contributed by atoms with Crippen molar-refractivity contribution in [1.82, 2.24) is 14.1 Å². The van der Waals surface area contributed by atoms with Crippen molar-refractivity contribution < 1.29 is 17.9 Å². The summed E-state index contributed by atoms with van der Waals surface area (Å²) in [5, 5.41) is 2.93. The summed E-state index contributed by atoms with van der Waals surface area (Å²) >= 11 is 0. The molecule has 11 heteroatoms. The largest absolute Gasteiger partial charge is 0.497 e. The Labute approximate surface area is 195 Å². The highest BCUT2D eigenvalue weighted by Crippen LogP contribution is 2.20. The molecule has 0 atom stereocenters. The molecule has 0 unspecified atom stereocenters. The second kappa shape index (κ2) is 9.75. The number of hydrogen-bond acceptors (Lipinski definition) is 5. The van der Waals surface area contributed by atoms with Gasteiger partial charge < -0.3 is 15.0 Å². The van der Waals surface area contributed by atoms with Crippen LogP contribution in [0.1, 0.15) is 11.1 Å². The van der Waals surface area contributed by atoms with Crippen LogP contribution in [0, 0.1) is 17.5 Å². The molecule has 180 valence electrons. The van der Waals surface area contributed by atoms with E-state index in [1.807, 2.05) is 0 Å². The number of benzene rings is 2. The van der Waals surface area contributed by atoms with E-state index in [1.165, 1.54) is 19.4 Å². The summed E-state index contributed by atoms with van der Waals surface area (Å²) in [7, 11) is 1.50. The molecule has 2 aromatic carbocycles. The lowest BCUT2D eigenvalue weighted by atomic mass is 10.2. The van der Waals surface area contributed by atoms with Gasteiger partial charge in [-0.05, 0) is 48.0 Å². The summed E-state index contributed by atoms with van der Waals surface area (Å²) in [6, 6.07) is 12.2. The van der Waals surface area contributed by atoms with Gasteiger partial charge in [-0.3, -0.25) is 18.7 Å². The molecule has 8 nitrogen and oxygen atoms in total. The third-order valence-corrected chi connectivity index (χ3v) is 5.25. The molecular formula is C24H19F3N4O4. The Balaban J connectivity index is 1.83. The number of halogens is 3. The molecular weight excluding hydrogens is 465 g/mol. The van der Waals surface area contributed by atoms with Crippen molar-refractivity contribution in [3.8, 4) is 5.75 Å². The molecule has 4 rings (SSSR count). The summed E-state index contributed by atoms with van der Waals surface area (Å²) in [4.78, 5) is 40.7. The fraction of sp³-hybridized carbons (Fsp3) is 0.125. The fourth-order valence-corrected chi connectivity index (χ4v) is 3.47. The first-order chi connectivity index (χ1) is 16.8. The third kappa shape index (κ3) is 5.03. The summed E-state index contributed by atoms with van der Waals surface area (Å²) in [5.74, 6) is -3.86. The number of hydrogen-bond donors (Lipinski definition) is 2. The van der Waals surface area contributed by atoms with Gasteiger partial charge in [0.1, 0.15) is 11.6 Å². The summed E-state index contributed by atoms with van der Waals surface area (Å²) in [6.07, 6.45) is 1.41. The van der Waals surface area contributed by atoms with Crippen LogP contribution in [0.15, 0.2) is 75.2 Å². The van der Waals surface area contributed by atoms with Crippen LogP contribution in [0.2, 0.25) is 0 Å². The quantitative estimate of drug-likeness (QED) is 0.393. The van der Waals surface area contributed by atoms with E-state index in [1.54, 1.807) is 30.3 Å². The Kier molecular flexibility index (Phi) is 6.58. The number of ether oxygens (including phenoxy) is 1. The molecule has 0 saturated heterocycles. The van der Waals surface area contributed by atoms with Crippen LogP contribution in [0.4, 0.5) is 24.7 Å². The zero-order valence-electron chi connectivity index (χ0n) is 18.3. The van der Waals surface area contributed by atoms with Crippen molar-refractivity contribution in [2.45, 2.75) is 13.1 Å². The van der Waals surface area contributed by atoms with Crippen molar-refractivity contribution in [2.75, 3.05) is 12.4 Å². The number of pyridine rings is 1. The maximum absolute atomic E-state index is 13.8. The lowest BCUT2D eigenvalue weighted by molar-refractivity contribution is 0.415. The lowest BCUT2D eigenvalue weighted by Crippen LogP contribution is -2.41. The molecule has 35 heavy (non-hydrogen) atoms. The highest BCUT2D eigenvalue weighted by Gasteiger charge is 2.16. The van der Waals surface area contributed by atoms with Crippen LogP contribution in [0.25, 0.3) is 0 Å². The third-order valence-electron chi connectivity index (χ3n) is 5.25. The number of aromatic amines is 1. The minimum atomic E-state index is -1.63. The average molecular weight is 484 g/mol. The van der Waals surface area contributed by atoms with Crippen molar-refractivity contribution in [3.63, 3.8) is 0 Å². The van der Waals surface area contributed by atoms with E-state index in [9.17, 15) is 27.6 Å². The first-order valence-electron chi connectivity index (χ1n) is 10.3. The van der Waals surface area contributed by atoms with Crippen LogP contribution >= 0.6 is 0 Å². The lowest BCUT2D eigenvalue weighted by Gasteiger charge is -2.17. The molecule has 0 bridgehead atoms. The Hall–Kier alpha value is -4.54. The molecule has 0 saturated carbocycles. The van der Waals surface area contributed by atoms with Crippen molar-refractivity contribution in [2.24, 2.45) is 0 Å². The second-order valence-corrected chi connectivity index (χ2v) is 7.57. The van der Waals surface area contributed by atoms with Crippen LogP contribution in [0.5, 0.6) is 5.75 Å². The van der Waals surface area contributed by atoms with Crippen LogP contribution in [-0.2, 0) is 13.1 Å². The van der Waals surface area contributed by atoms with Gasteiger partial charge in [-0.2, -0.15) is 0 Å². The van der Waals surface area contributed by atoms with E-state index < -0.39 is 40.8 Å². The van der Waals surface area contributed by atoms with E-state index >= 15 is 0 Å². The highest BCUT2D eigenvalue weighted by atomic mass is 19.2. The molecule has 0 radical (unpaired) electrons. The first-order valence-corrected chi connectivity index (χ1v) is 10.3. The maximum atomic E-state index is 13.8. The van der Waals surface area contributed by atoms with Gasteiger partial charge in [-0.25, -0.2) is 18.0 Å². The van der Waals surface area contributed by atoms with Crippen LogP contribution in [-0.4, -0.2) is 21.2 Å². The van der Waals surface area contributed by atoms with Gasteiger partial charge in [0, 0.05) is 23.5 Å². The first kappa shape index (κ1) is 23.6. The highest BCUT2D eigenvalue weighted by molar-refractivity contribution is 5.57. The number of H-pyrrole nitrogens is 1. The van der Waals surface area contributed by atoms with E-state index in [0.717, 1.165) is 27.3 Å². The maximum Gasteiger partial charge on any atom is 0.333 e. The van der Waals surface area contributed by atoms with Gasteiger partial charge in [0.25, 0.3) is 11.1 Å². The van der Waals surface area contributed by atoms with Crippen molar-refractivity contribution >= 4 is 11.5 Å². The number of nitrogens with zero attached hydrogens (tertiary/aromatic N) is 2. The SMILES string of the molecule is COc1ccc(Nc2cc(=O)n(Cc3ccc[nH]c3=O)c(=O)n2Cc2cc(F)c(F)c(F)c2)cc1. The molecule has 2 heterocycles. The molecule has 0 amide bonds. The Morgan fingerprint density at radius 3 is 2.23 bits per heavy atom. The minimum absolute atomic E-state index is 0.0218. The summed E-state index contributed by atoms with van der Waals surface area (Å²) < 4.78 is 48.1. The standard InChI is InChI=1S/C24H19F3N4O4/c1-35-17-6-4-16(5-7-17)29-20-11-21(32)31(13-15-3-2-8-28-23(15)33)24(34)30(20)12-14-9-18(25)22(27)19(26)10-14/h2-11,29H,12-13H2,1H3,(H,28,33). The van der Waals surface area contributed by atoms with Crippen molar-refractivity contribution in [1.29, 1.82) is 0 Å². The molecule has 0 aliphatic rings. The van der Waals surface area contributed by atoms with E-state index in [-0.39, 0.29) is 23.5 Å². The monoisotopic (exact) mass is 484 g/mol. The summed E-state index contributed by atoms with van der Waals surface area (Å²) in [5.41, 5.74) is -1.43. The zero-order chi connectivity index (χ0) is 25.1. The molecule has 0 fully saturated rings. The van der Waals surface area contributed by atoms with Crippen molar-refractivity contribution in [3.05, 3.63) is 121 Å². The molecule has 0 spiro atoms. The van der Waals surface area contributed by atoms with Crippen LogP contribution in [0.3, 0.4) is 0 Å². The van der Waals surface area contributed by atoms with Gasteiger partial charge in [-0.15, -0.1) is 0 Å². The van der Waals surface area contributed by atoms with Crippen LogP contribution < -0.4 is 26.9 Å². The molecule has 0 aliphatic heterocycles. The van der Waals surface area contributed by atoms with Gasteiger partial charge in [-0.1, -0.05) is 6.07 Å². The van der Waals surface area contributed by atoms with E-state index in [0.29, 0.717) is 11.4 Å². The number of rotatable bonds is 7. The van der Waals surface area contributed by atoms with E-state index in [4.69, 9.17) is 4.74 Å². The number of anilines is 2. The molecule has 2 aromatic heterocycles. The van der Waals surface area contributed by atoms with Gasteiger partial charge in [0.15, 0.2) is 17.5 Å². The number of nitrogens with one attached hydrogen (secondary N) is 2. The van der Waals surface area contributed by atoms with Gasteiger partial charge >= 0.3 is 5.69 Å². The fourth-order valence-electron chi connectivity index (χ4n) is 3.47. The molecule has 0 aliphatic carbocycles. The van der Waals surface area contributed by atoms with Gasteiger partial charge in [0.2, 0.25) is 0 Å². The zero-order valence-corrected chi connectivity index (χ0v) is 18.3. The molecule has 2 N–H and O–H groups in total. The Morgan fingerprint density at radius 1 is 0.914 bits per heavy atom. The van der Waals surface area contributed by atoms with Gasteiger partial charge in [0.05, 0.1) is 20.2 Å². The average Bonchev–Trinajstić information content (AvgIpc) is 2.84. The predicted octanol–water partition coefficient (Wildman–Crippen LogP) is 2.96. The predicted molar refractivity (Wildman–Crippen MR) is 123 cm³/mol.